The Morgan fingerprint density at radius 1 is 1.15 bits per heavy atom. The third-order valence-electron chi connectivity index (χ3n) is 4.66. The number of fused-ring (bicyclic) bond motifs is 1. The van der Waals surface area contributed by atoms with Gasteiger partial charge in [0.15, 0.2) is 5.17 Å². The van der Waals surface area contributed by atoms with E-state index in [1.165, 1.54) is 11.1 Å². The minimum absolute atomic E-state index is 0.621. The zero-order valence-electron chi connectivity index (χ0n) is 15.5. The maximum atomic E-state index is 5.56. The SMILES string of the molecule is COc1ccc(C2=CSC(NCc3ccc4c(c3)CCO4)=NC2)c(OC)c1. The molecule has 0 bridgehead atoms. The highest BCUT2D eigenvalue weighted by molar-refractivity contribution is 8.16. The summed E-state index contributed by atoms with van der Waals surface area (Å²) in [6.45, 7) is 2.17. The van der Waals surface area contributed by atoms with Crippen molar-refractivity contribution in [2.24, 2.45) is 4.99 Å². The van der Waals surface area contributed by atoms with Crippen molar-refractivity contribution in [1.82, 2.24) is 5.32 Å². The van der Waals surface area contributed by atoms with Crippen LogP contribution < -0.4 is 19.5 Å². The lowest BCUT2D eigenvalue weighted by molar-refractivity contribution is 0.357. The first-order chi connectivity index (χ1) is 13.3. The lowest BCUT2D eigenvalue weighted by atomic mass is 10.1. The van der Waals surface area contributed by atoms with E-state index >= 15 is 0 Å². The third-order valence-corrected chi connectivity index (χ3v) is 5.56. The number of rotatable bonds is 5. The summed E-state index contributed by atoms with van der Waals surface area (Å²) in [5, 5.41) is 6.49. The van der Waals surface area contributed by atoms with Crippen molar-refractivity contribution in [3.05, 3.63) is 58.5 Å². The second-order valence-corrected chi connectivity index (χ2v) is 7.20. The highest BCUT2D eigenvalue weighted by Crippen LogP contribution is 2.33. The molecule has 0 saturated carbocycles. The Labute approximate surface area is 163 Å². The van der Waals surface area contributed by atoms with E-state index in [1.54, 1.807) is 26.0 Å². The standard InChI is InChI=1S/C21H22N2O3S/c1-24-17-4-5-18(20(10-17)25-2)16-12-23-21(27-13-16)22-11-14-3-6-19-15(9-14)7-8-26-19/h3-6,9-10,13H,7-8,11-12H2,1-2H3,(H,22,23). The number of nitrogens with one attached hydrogen (secondary N) is 1. The molecule has 0 radical (unpaired) electrons. The van der Waals surface area contributed by atoms with Crippen molar-refractivity contribution in [3.63, 3.8) is 0 Å². The van der Waals surface area contributed by atoms with Crippen LogP contribution in [0.25, 0.3) is 5.57 Å². The minimum atomic E-state index is 0.621. The van der Waals surface area contributed by atoms with E-state index in [0.717, 1.165) is 53.1 Å². The Morgan fingerprint density at radius 3 is 2.85 bits per heavy atom. The molecule has 2 aliphatic rings. The van der Waals surface area contributed by atoms with Crippen molar-refractivity contribution in [2.45, 2.75) is 13.0 Å². The van der Waals surface area contributed by atoms with Gasteiger partial charge in [-0.05, 0) is 40.3 Å². The van der Waals surface area contributed by atoms with E-state index in [4.69, 9.17) is 14.2 Å². The number of thioether (sulfide) groups is 1. The number of ether oxygens (including phenoxy) is 3. The second-order valence-electron chi connectivity index (χ2n) is 6.34. The van der Waals surface area contributed by atoms with Crippen LogP contribution in [0.5, 0.6) is 17.2 Å². The van der Waals surface area contributed by atoms with Crippen LogP contribution in [0.3, 0.4) is 0 Å². The van der Waals surface area contributed by atoms with Crippen LogP contribution in [0.2, 0.25) is 0 Å². The Bertz CT molecular complexity index is 908. The molecule has 2 heterocycles. The number of hydrogen-bond acceptors (Lipinski definition) is 6. The molecule has 1 N–H and O–H groups in total. The van der Waals surface area contributed by atoms with Gasteiger partial charge in [0.2, 0.25) is 0 Å². The number of amidine groups is 1. The molecule has 0 fully saturated rings. The van der Waals surface area contributed by atoms with E-state index < -0.39 is 0 Å². The van der Waals surface area contributed by atoms with Gasteiger partial charge in [0.05, 0.1) is 27.4 Å². The van der Waals surface area contributed by atoms with Gasteiger partial charge in [-0.1, -0.05) is 23.9 Å². The van der Waals surface area contributed by atoms with Crippen LogP contribution in [0, 0.1) is 0 Å². The Hall–Kier alpha value is -2.60. The van der Waals surface area contributed by atoms with Gasteiger partial charge in [-0.15, -0.1) is 0 Å². The Balaban J connectivity index is 1.38. The lowest BCUT2D eigenvalue weighted by Gasteiger charge is -2.17. The summed E-state index contributed by atoms with van der Waals surface area (Å²) in [6.07, 6.45) is 0.995. The fraction of sp³-hybridized carbons (Fsp3) is 0.286. The van der Waals surface area contributed by atoms with E-state index in [1.807, 2.05) is 18.2 Å². The first-order valence-corrected chi connectivity index (χ1v) is 9.76. The molecule has 0 aliphatic carbocycles. The number of methoxy groups -OCH3 is 2. The van der Waals surface area contributed by atoms with Crippen LogP contribution in [0.4, 0.5) is 0 Å². The van der Waals surface area contributed by atoms with Gasteiger partial charge in [0, 0.05) is 24.6 Å². The van der Waals surface area contributed by atoms with Crippen molar-refractivity contribution in [3.8, 4) is 17.2 Å². The quantitative estimate of drug-likeness (QED) is 0.851. The van der Waals surface area contributed by atoms with E-state index in [9.17, 15) is 0 Å². The molecule has 2 aromatic rings. The molecule has 140 valence electrons. The van der Waals surface area contributed by atoms with E-state index in [2.05, 4.69) is 33.9 Å². The third kappa shape index (κ3) is 3.90. The average Bonchev–Trinajstić information content (AvgIpc) is 3.20. The number of aliphatic imine (C=N–C) groups is 1. The minimum Gasteiger partial charge on any atom is -0.497 e. The van der Waals surface area contributed by atoms with Crippen LogP contribution in [-0.2, 0) is 13.0 Å². The van der Waals surface area contributed by atoms with Gasteiger partial charge < -0.3 is 19.5 Å². The average molecular weight is 382 g/mol. The maximum Gasteiger partial charge on any atom is 0.161 e. The predicted octanol–water partition coefficient (Wildman–Crippen LogP) is 3.87. The summed E-state index contributed by atoms with van der Waals surface area (Å²) in [6, 6.07) is 12.2. The van der Waals surface area contributed by atoms with Crippen molar-refractivity contribution < 1.29 is 14.2 Å². The monoisotopic (exact) mass is 382 g/mol. The number of hydrogen-bond donors (Lipinski definition) is 1. The molecule has 2 aromatic carbocycles. The van der Waals surface area contributed by atoms with Crippen molar-refractivity contribution in [1.29, 1.82) is 0 Å². The molecule has 0 spiro atoms. The molecule has 0 saturated heterocycles. The highest BCUT2D eigenvalue weighted by atomic mass is 32.2. The van der Waals surface area contributed by atoms with Crippen molar-refractivity contribution in [2.75, 3.05) is 27.4 Å². The zero-order valence-corrected chi connectivity index (χ0v) is 16.3. The summed E-state index contributed by atoms with van der Waals surface area (Å²) >= 11 is 1.61. The largest absolute Gasteiger partial charge is 0.497 e. The molecule has 5 nitrogen and oxygen atoms in total. The smallest absolute Gasteiger partial charge is 0.161 e. The van der Waals surface area contributed by atoms with Crippen molar-refractivity contribution >= 4 is 22.5 Å². The van der Waals surface area contributed by atoms with Crippen LogP contribution in [0.15, 0.2) is 46.8 Å². The highest BCUT2D eigenvalue weighted by Gasteiger charge is 2.15. The van der Waals surface area contributed by atoms with Gasteiger partial charge in [-0.3, -0.25) is 4.99 Å². The molecule has 27 heavy (non-hydrogen) atoms. The van der Waals surface area contributed by atoms with Gasteiger partial charge in [0.1, 0.15) is 17.2 Å². The fourth-order valence-electron chi connectivity index (χ4n) is 3.20. The number of nitrogens with zero attached hydrogens (tertiary/aromatic N) is 1. The molecule has 6 heteroatoms. The van der Waals surface area contributed by atoms with Crippen LogP contribution >= 0.6 is 11.8 Å². The molecule has 0 amide bonds. The Kier molecular flexibility index (Phi) is 5.25. The van der Waals surface area contributed by atoms with E-state index in [0.29, 0.717) is 6.54 Å². The topological polar surface area (TPSA) is 52.1 Å². The summed E-state index contributed by atoms with van der Waals surface area (Å²) in [7, 11) is 3.33. The molecule has 2 aliphatic heterocycles. The summed E-state index contributed by atoms with van der Waals surface area (Å²) in [4.78, 5) is 4.68. The Morgan fingerprint density at radius 2 is 2.07 bits per heavy atom. The fourth-order valence-corrected chi connectivity index (χ4v) is 3.95. The molecule has 0 unspecified atom stereocenters. The molecule has 0 atom stereocenters. The van der Waals surface area contributed by atoms with Gasteiger partial charge >= 0.3 is 0 Å². The zero-order chi connectivity index (χ0) is 18.6. The normalized spacial score (nSPS) is 15.3. The summed E-state index contributed by atoms with van der Waals surface area (Å²) < 4.78 is 16.3. The van der Waals surface area contributed by atoms with Gasteiger partial charge in [-0.2, -0.15) is 0 Å². The maximum absolute atomic E-state index is 5.56. The first kappa shape index (κ1) is 17.8. The first-order valence-electron chi connectivity index (χ1n) is 8.88. The van der Waals surface area contributed by atoms with E-state index in [-0.39, 0.29) is 0 Å². The summed E-state index contributed by atoms with van der Waals surface area (Å²) in [5.74, 6) is 2.60. The lowest BCUT2D eigenvalue weighted by Crippen LogP contribution is -2.21. The molecular formula is C21H22N2O3S. The van der Waals surface area contributed by atoms with Gasteiger partial charge in [-0.25, -0.2) is 0 Å². The molecule has 0 aromatic heterocycles. The molecule has 4 rings (SSSR count). The summed E-state index contributed by atoms with van der Waals surface area (Å²) in [5.41, 5.74) is 4.72. The van der Waals surface area contributed by atoms with Crippen LogP contribution in [-0.4, -0.2) is 32.5 Å². The van der Waals surface area contributed by atoms with Crippen LogP contribution in [0.1, 0.15) is 16.7 Å². The number of benzene rings is 2. The predicted molar refractivity (Wildman–Crippen MR) is 110 cm³/mol. The second kappa shape index (κ2) is 7.96. The van der Waals surface area contributed by atoms with Gasteiger partial charge in [0.25, 0.3) is 0 Å². The molecular weight excluding hydrogens is 360 g/mol.